The summed E-state index contributed by atoms with van der Waals surface area (Å²) in [7, 11) is 0. The fraction of sp³-hybridized carbons (Fsp3) is 0.286. The summed E-state index contributed by atoms with van der Waals surface area (Å²) in [6.45, 7) is 4.26. The maximum atomic E-state index is 12.6. The van der Waals surface area contributed by atoms with Crippen LogP contribution in [0.1, 0.15) is 24.7 Å². The molecule has 2 aromatic carbocycles. The summed E-state index contributed by atoms with van der Waals surface area (Å²) < 4.78 is 1.96. The largest absolute Gasteiger partial charge is 0.356 e. The highest BCUT2D eigenvalue weighted by Crippen LogP contribution is 2.18. The number of anilines is 1. The van der Waals surface area contributed by atoms with E-state index in [1.807, 2.05) is 60.0 Å². The monoisotopic (exact) mass is 364 g/mol. The molecule has 0 atom stereocenters. The molecule has 3 rings (SSSR count). The number of nitrogens with zero attached hydrogens (tertiary/aromatic N) is 2. The van der Waals surface area contributed by atoms with Gasteiger partial charge in [0, 0.05) is 25.6 Å². The Balaban J connectivity index is 1.77. The van der Waals surface area contributed by atoms with Gasteiger partial charge in [-0.2, -0.15) is 0 Å². The Morgan fingerprint density at radius 2 is 1.81 bits per heavy atom. The van der Waals surface area contributed by atoms with E-state index in [2.05, 4.69) is 15.6 Å². The van der Waals surface area contributed by atoms with E-state index in [-0.39, 0.29) is 18.4 Å². The van der Waals surface area contributed by atoms with Crippen molar-refractivity contribution in [3.63, 3.8) is 0 Å². The first kappa shape index (κ1) is 18.6. The lowest BCUT2D eigenvalue weighted by atomic mass is 10.2. The quantitative estimate of drug-likeness (QED) is 0.633. The fourth-order valence-corrected chi connectivity index (χ4v) is 3.05. The maximum absolute atomic E-state index is 12.6. The topological polar surface area (TPSA) is 76.0 Å². The Hall–Kier alpha value is -3.15. The van der Waals surface area contributed by atoms with Gasteiger partial charge in [-0.15, -0.1) is 0 Å². The summed E-state index contributed by atoms with van der Waals surface area (Å²) in [4.78, 5) is 28.3. The molecule has 0 aliphatic rings. The van der Waals surface area contributed by atoms with Crippen LogP contribution in [-0.4, -0.2) is 27.9 Å². The Morgan fingerprint density at radius 3 is 2.59 bits per heavy atom. The van der Waals surface area contributed by atoms with Crippen LogP contribution in [0.15, 0.2) is 48.5 Å². The molecule has 0 fully saturated rings. The van der Waals surface area contributed by atoms with Crippen LogP contribution >= 0.6 is 0 Å². The predicted molar refractivity (Wildman–Crippen MR) is 107 cm³/mol. The number of carbonyl (C=O) groups is 2. The van der Waals surface area contributed by atoms with Gasteiger partial charge in [-0.25, -0.2) is 4.98 Å². The minimum atomic E-state index is -0.0874. The molecule has 6 nitrogen and oxygen atoms in total. The minimum Gasteiger partial charge on any atom is -0.356 e. The fourth-order valence-electron chi connectivity index (χ4n) is 3.05. The molecule has 2 amide bonds. The number of benzene rings is 2. The molecule has 0 aliphatic carbocycles. The smallest absolute Gasteiger partial charge is 0.244 e. The van der Waals surface area contributed by atoms with Crippen molar-refractivity contribution >= 4 is 28.5 Å². The van der Waals surface area contributed by atoms with Crippen LogP contribution in [0.5, 0.6) is 0 Å². The van der Waals surface area contributed by atoms with Gasteiger partial charge < -0.3 is 15.2 Å². The molecule has 0 spiro atoms. The second-order valence-corrected chi connectivity index (χ2v) is 6.55. The summed E-state index contributed by atoms with van der Waals surface area (Å²) >= 11 is 0. The lowest BCUT2D eigenvalue weighted by Gasteiger charge is -2.11. The predicted octanol–water partition coefficient (Wildman–Crippen LogP) is 3.05. The molecule has 0 unspecified atom stereocenters. The minimum absolute atomic E-state index is 0.0406. The molecule has 2 N–H and O–H groups in total. The number of fused-ring (bicyclic) bond motifs is 1. The van der Waals surface area contributed by atoms with Gasteiger partial charge in [-0.1, -0.05) is 30.3 Å². The lowest BCUT2D eigenvalue weighted by molar-refractivity contribution is -0.119. The summed E-state index contributed by atoms with van der Waals surface area (Å²) in [6, 6.07) is 15.5. The number of hydrogen-bond donors (Lipinski definition) is 2. The highest BCUT2D eigenvalue weighted by atomic mass is 16.2. The van der Waals surface area contributed by atoms with Crippen molar-refractivity contribution in [3.8, 4) is 0 Å². The molecule has 140 valence electrons. The van der Waals surface area contributed by atoms with E-state index in [1.165, 1.54) is 6.92 Å². The van der Waals surface area contributed by atoms with Crippen molar-refractivity contribution in [3.05, 3.63) is 59.9 Å². The average Bonchev–Trinajstić information content (AvgIpc) is 2.98. The van der Waals surface area contributed by atoms with Gasteiger partial charge in [-0.05, 0) is 37.1 Å². The number of nitrogens with one attached hydrogen (secondary N) is 2. The van der Waals surface area contributed by atoms with Crippen molar-refractivity contribution in [1.82, 2.24) is 14.9 Å². The maximum Gasteiger partial charge on any atom is 0.244 e. The number of rotatable bonds is 7. The average molecular weight is 364 g/mol. The molecule has 3 aromatic rings. The number of carbonyl (C=O) groups excluding carboxylic acids is 2. The SMILES string of the molecule is CC(=O)NCCCc1nc2ccccc2n1CC(=O)Nc1ccccc1C. The summed E-state index contributed by atoms with van der Waals surface area (Å²) in [5.74, 6) is 0.721. The normalized spacial score (nSPS) is 10.7. The third-order valence-corrected chi connectivity index (χ3v) is 4.41. The molecule has 1 heterocycles. The van der Waals surface area contributed by atoms with E-state index in [9.17, 15) is 9.59 Å². The number of hydrogen-bond acceptors (Lipinski definition) is 3. The third kappa shape index (κ3) is 4.73. The lowest BCUT2D eigenvalue weighted by Crippen LogP contribution is -2.23. The Morgan fingerprint density at radius 1 is 1.07 bits per heavy atom. The van der Waals surface area contributed by atoms with Gasteiger partial charge in [0.15, 0.2) is 0 Å². The standard InChI is InChI=1S/C21H24N4O2/c1-15-8-3-4-9-17(15)24-21(27)14-25-19-11-6-5-10-18(19)23-20(25)12-7-13-22-16(2)26/h3-6,8-11H,7,12-14H2,1-2H3,(H,22,26)(H,24,27). The van der Waals surface area contributed by atoms with Crippen LogP contribution in [0, 0.1) is 6.92 Å². The molecule has 27 heavy (non-hydrogen) atoms. The Bertz CT molecular complexity index is 962. The first-order valence-electron chi connectivity index (χ1n) is 9.08. The van der Waals surface area contributed by atoms with E-state index in [1.54, 1.807) is 0 Å². The van der Waals surface area contributed by atoms with Gasteiger partial charge in [0.1, 0.15) is 12.4 Å². The number of para-hydroxylation sites is 3. The van der Waals surface area contributed by atoms with Crippen LogP contribution in [0.3, 0.4) is 0 Å². The highest BCUT2D eigenvalue weighted by molar-refractivity contribution is 5.92. The zero-order valence-corrected chi connectivity index (χ0v) is 15.7. The van der Waals surface area contributed by atoms with E-state index < -0.39 is 0 Å². The molecule has 0 saturated heterocycles. The van der Waals surface area contributed by atoms with E-state index in [0.717, 1.165) is 34.5 Å². The molecule has 0 bridgehead atoms. The van der Waals surface area contributed by atoms with Crippen molar-refractivity contribution in [2.24, 2.45) is 0 Å². The zero-order chi connectivity index (χ0) is 19.2. The van der Waals surface area contributed by atoms with Crippen LogP contribution in [0.25, 0.3) is 11.0 Å². The first-order valence-corrected chi connectivity index (χ1v) is 9.08. The van der Waals surface area contributed by atoms with Crippen molar-refractivity contribution < 1.29 is 9.59 Å². The van der Waals surface area contributed by atoms with Crippen LogP contribution in [0.4, 0.5) is 5.69 Å². The van der Waals surface area contributed by atoms with E-state index in [4.69, 9.17) is 0 Å². The Labute approximate surface area is 158 Å². The molecule has 0 aliphatic heterocycles. The van der Waals surface area contributed by atoms with Crippen LogP contribution in [0.2, 0.25) is 0 Å². The van der Waals surface area contributed by atoms with Gasteiger partial charge in [0.05, 0.1) is 11.0 Å². The highest BCUT2D eigenvalue weighted by Gasteiger charge is 2.14. The second-order valence-electron chi connectivity index (χ2n) is 6.55. The molecular weight excluding hydrogens is 340 g/mol. The molecule has 0 saturated carbocycles. The van der Waals surface area contributed by atoms with Gasteiger partial charge in [0.25, 0.3) is 0 Å². The number of aromatic nitrogens is 2. The number of aryl methyl sites for hydroxylation is 2. The van der Waals surface area contributed by atoms with E-state index >= 15 is 0 Å². The van der Waals surface area contributed by atoms with Crippen LogP contribution < -0.4 is 10.6 Å². The summed E-state index contributed by atoms with van der Waals surface area (Å²) in [5.41, 5.74) is 3.65. The third-order valence-electron chi connectivity index (χ3n) is 4.41. The first-order chi connectivity index (χ1) is 13.0. The summed E-state index contributed by atoms with van der Waals surface area (Å²) in [6.07, 6.45) is 1.45. The number of amides is 2. The van der Waals surface area contributed by atoms with Crippen molar-refractivity contribution in [2.75, 3.05) is 11.9 Å². The Kier molecular flexibility index (Phi) is 5.86. The van der Waals surface area contributed by atoms with Crippen LogP contribution in [-0.2, 0) is 22.6 Å². The second kappa shape index (κ2) is 8.49. The van der Waals surface area contributed by atoms with Gasteiger partial charge >= 0.3 is 0 Å². The summed E-state index contributed by atoms with van der Waals surface area (Å²) in [5, 5.41) is 5.77. The van der Waals surface area contributed by atoms with Gasteiger partial charge in [-0.3, -0.25) is 9.59 Å². The van der Waals surface area contributed by atoms with Crippen molar-refractivity contribution in [1.29, 1.82) is 0 Å². The molecule has 6 heteroatoms. The number of imidazole rings is 1. The molecule has 0 radical (unpaired) electrons. The molecule has 1 aromatic heterocycles. The zero-order valence-electron chi connectivity index (χ0n) is 15.7. The van der Waals surface area contributed by atoms with Gasteiger partial charge in [0.2, 0.25) is 11.8 Å². The van der Waals surface area contributed by atoms with E-state index in [0.29, 0.717) is 13.0 Å². The van der Waals surface area contributed by atoms with Crippen molar-refractivity contribution in [2.45, 2.75) is 33.2 Å². The molecular formula is C21H24N4O2.